The topological polar surface area (TPSA) is 53.0 Å². The lowest BCUT2D eigenvalue weighted by Gasteiger charge is -2.41. The third kappa shape index (κ3) is 4.41. The van der Waals surface area contributed by atoms with Gasteiger partial charge in [0.1, 0.15) is 17.9 Å². The minimum absolute atomic E-state index is 0.0959. The van der Waals surface area contributed by atoms with E-state index in [1.54, 1.807) is 19.2 Å². The van der Waals surface area contributed by atoms with Gasteiger partial charge in [0.25, 0.3) is 0 Å². The maximum absolute atomic E-state index is 13.2. The van der Waals surface area contributed by atoms with Gasteiger partial charge in [0.2, 0.25) is 0 Å². The van der Waals surface area contributed by atoms with Crippen molar-refractivity contribution in [2.24, 2.45) is 0 Å². The van der Waals surface area contributed by atoms with Crippen LogP contribution in [-0.4, -0.2) is 66.1 Å². The lowest BCUT2D eigenvalue weighted by atomic mass is 9.86. The maximum atomic E-state index is 13.2. The van der Waals surface area contributed by atoms with E-state index in [0.717, 1.165) is 49.1 Å². The van der Waals surface area contributed by atoms with E-state index in [1.165, 1.54) is 12.1 Å². The van der Waals surface area contributed by atoms with E-state index in [9.17, 15) is 14.3 Å². The van der Waals surface area contributed by atoms with Gasteiger partial charge >= 0.3 is 0 Å². The summed E-state index contributed by atoms with van der Waals surface area (Å²) in [4.78, 5) is 16.4. The Morgan fingerprint density at radius 2 is 1.83 bits per heavy atom. The molecule has 0 amide bonds. The zero-order valence-corrected chi connectivity index (χ0v) is 17.3. The number of ether oxygens (including phenoxy) is 1. The summed E-state index contributed by atoms with van der Waals surface area (Å²) in [5, 5.41) is 10.9. The molecule has 0 aromatic heterocycles. The highest BCUT2D eigenvalue weighted by atomic mass is 19.1. The van der Waals surface area contributed by atoms with Gasteiger partial charge in [-0.15, -0.1) is 0 Å². The number of rotatable bonds is 6. The normalized spacial score (nSPS) is 27.8. The Balaban J connectivity index is 1.39. The molecule has 30 heavy (non-hydrogen) atoms. The number of hydrogen-bond acceptors (Lipinski definition) is 5. The Morgan fingerprint density at radius 3 is 2.47 bits per heavy atom. The summed E-state index contributed by atoms with van der Waals surface area (Å²) in [5.74, 6) is 0.656. The molecule has 1 unspecified atom stereocenters. The number of nitrogens with zero attached hydrogens (tertiary/aromatic N) is 2. The van der Waals surface area contributed by atoms with Crippen LogP contribution in [0.4, 0.5) is 4.39 Å². The van der Waals surface area contributed by atoms with Crippen LogP contribution in [0.2, 0.25) is 0 Å². The summed E-state index contributed by atoms with van der Waals surface area (Å²) in [6.45, 7) is 2.87. The highest BCUT2D eigenvalue weighted by molar-refractivity contribution is 5.60. The van der Waals surface area contributed by atoms with Crippen LogP contribution in [0.5, 0.6) is 5.75 Å². The van der Waals surface area contributed by atoms with E-state index in [4.69, 9.17) is 4.74 Å². The highest BCUT2D eigenvalue weighted by Crippen LogP contribution is 2.33. The quantitative estimate of drug-likeness (QED) is 0.740. The fraction of sp³-hybridized carbons (Fsp3) is 0.458. The van der Waals surface area contributed by atoms with E-state index < -0.39 is 6.10 Å². The largest absolute Gasteiger partial charge is 0.497 e. The summed E-state index contributed by atoms with van der Waals surface area (Å²) in [7, 11) is 1.65. The Kier molecular flexibility index (Phi) is 6.46. The summed E-state index contributed by atoms with van der Waals surface area (Å²) >= 11 is 0. The minimum Gasteiger partial charge on any atom is -0.497 e. The zero-order chi connectivity index (χ0) is 21.1. The predicted molar refractivity (Wildman–Crippen MR) is 113 cm³/mol. The number of carbonyl (C=O) groups is 1. The standard InChI is InChI=1S/C24H29FN2O3/c1-30-20-8-4-18(5-9-20)21-10-12-27(15-24(21)29)22-11-13-26(23(22)16-28)14-17-2-6-19(25)7-3-17/h2-9,16,21-24,29H,10-15H2,1H3/t21-,22-,23?,24+/m1/s1. The van der Waals surface area contributed by atoms with Crippen LogP contribution in [0.25, 0.3) is 0 Å². The second kappa shape index (κ2) is 9.25. The molecular formula is C24H29FN2O3. The summed E-state index contributed by atoms with van der Waals surface area (Å²) in [6.07, 6.45) is 2.31. The summed E-state index contributed by atoms with van der Waals surface area (Å²) in [5.41, 5.74) is 2.13. The molecule has 5 nitrogen and oxygen atoms in total. The van der Waals surface area contributed by atoms with Crippen molar-refractivity contribution in [3.8, 4) is 5.75 Å². The van der Waals surface area contributed by atoms with Crippen molar-refractivity contribution in [2.45, 2.75) is 43.5 Å². The molecule has 0 saturated carbocycles. The van der Waals surface area contributed by atoms with Crippen molar-refractivity contribution in [3.63, 3.8) is 0 Å². The second-order valence-corrected chi connectivity index (χ2v) is 8.31. The van der Waals surface area contributed by atoms with Crippen LogP contribution >= 0.6 is 0 Å². The monoisotopic (exact) mass is 412 g/mol. The number of halogens is 1. The smallest absolute Gasteiger partial charge is 0.138 e. The molecule has 0 aliphatic carbocycles. The molecule has 4 rings (SSSR count). The van der Waals surface area contributed by atoms with E-state index >= 15 is 0 Å². The van der Waals surface area contributed by atoms with Crippen LogP contribution in [-0.2, 0) is 11.3 Å². The van der Waals surface area contributed by atoms with Gasteiger partial charge in [-0.05, 0) is 54.8 Å². The first kappa shape index (κ1) is 21.0. The van der Waals surface area contributed by atoms with Crippen molar-refractivity contribution in [1.82, 2.24) is 9.80 Å². The molecule has 2 fully saturated rings. The molecular weight excluding hydrogens is 383 g/mol. The van der Waals surface area contributed by atoms with Gasteiger partial charge in [0.05, 0.1) is 19.3 Å². The van der Waals surface area contributed by atoms with Crippen molar-refractivity contribution in [2.75, 3.05) is 26.7 Å². The van der Waals surface area contributed by atoms with Gasteiger partial charge in [-0.3, -0.25) is 9.80 Å². The molecule has 0 spiro atoms. The van der Waals surface area contributed by atoms with Gasteiger partial charge in [-0.25, -0.2) is 4.39 Å². The van der Waals surface area contributed by atoms with Crippen molar-refractivity contribution < 1.29 is 19.0 Å². The number of aldehydes is 1. The van der Waals surface area contributed by atoms with Crippen molar-refractivity contribution in [1.29, 1.82) is 0 Å². The first-order chi connectivity index (χ1) is 14.6. The van der Waals surface area contributed by atoms with E-state index in [0.29, 0.717) is 13.1 Å². The van der Waals surface area contributed by atoms with Crippen molar-refractivity contribution in [3.05, 3.63) is 65.5 Å². The number of benzene rings is 2. The Morgan fingerprint density at radius 1 is 1.10 bits per heavy atom. The molecule has 2 aliphatic rings. The average Bonchev–Trinajstić information content (AvgIpc) is 3.18. The number of aliphatic hydroxyl groups is 1. The number of β-amino-alcohol motifs (C(OH)–C–C–N with tert-alkyl or cyclic N) is 1. The highest BCUT2D eigenvalue weighted by Gasteiger charge is 2.40. The minimum atomic E-state index is -0.467. The predicted octanol–water partition coefficient (Wildman–Crippen LogP) is 2.83. The maximum Gasteiger partial charge on any atom is 0.138 e. The Labute approximate surface area is 177 Å². The number of methoxy groups -OCH3 is 1. The fourth-order valence-corrected chi connectivity index (χ4v) is 4.94. The molecule has 160 valence electrons. The van der Waals surface area contributed by atoms with Gasteiger partial charge < -0.3 is 14.6 Å². The number of piperidine rings is 1. The molecule has 0 radical (unpaired) electrons. The van der Waals surface area contributed by atoms with Crippen molar-refractivity contribution >= 4 is 6.29 Å². The fourth-order valence-electron chi connectivity index (χ4n) is 4.94. The Hall–Kier alpha value is -2.28. The van der Waals surface area contributed by atoms with Gasteiger partial charge in [-0.1, -0.05) is 24.3 Å². The molecule has 6 heteroatoms. The van der Waals surface area contributed by atoms with E-state index in [-0.39, 0.29) is 23.8 Å². The molecule has 2 aliphatic heterocycles. The third-order valence-electron chi connectivity index (χ3n) is 6.59. The SMILES string of the molecule is COc1ccc([C@H]2CCN([C@@H]3CCN(Cc4ccc(F)cc4)C3C=O)C[C@@H]2O)cc1. The lowest BCUT2D eigenvalue weighted by molar-refractivity contribution is -0.113. The van der Waals surface area contributed by atoms with Crippen LogP contribution < -0.4 is 4.74 Å². The molecule has 2 heterocycles. The molecule has 2 saturated heterocycles. The summed E-state index contributed by atoms with van der Waals surface area (Å²) in [6, 6.07) is 14.3. The number of carbonyl (C=O) groups excluding carboxylic acids is 1. The number of aliphatic hydroxyl groups excluding tert-OH is 1. The molecule has 4 atom stereocenters. The molecule has 2 aromatic carbocycles. The first-order valence-corrected chi connectivity index (χ1v) is 10.6. The second-order valence-electron chi connectivity index (χ2n) is 8.31. The molecule has 0 bridgehead atoms. The Bertz CT molecular complexity index is 843. The van der Waals surface area contributed by atoms with Crippen LogP contribution in [0.1, 0.15) is 29.9 Å². The van der Waals surface area contributed by atoms with Gasteiger partial charge in [0, 0.05) is 31.6 Å². The summed E-state index contributed by atoms with van der Waals surface area (Å²) < 4.78 is 18.4. The number of hydrogen-bond donors (Lipinski definition) is 1. The van der Waals surface area contributed by atoms with Crippen LogP contribution in [0.15, 0.2) is 48.5 Å². The number of likely N-dealkylation sites (tertiary alicyclic amines) is 2. The van der Waals surface area contributed by atoms with Gasteiger partial charge in [0.15, 0.2) is 0 Å². The zero-order valence-electron chi connectivity index (χ0n) is 17.3. The van der Waals surface area contributed by atoms with Gasteiger partial charge in [-0.2, -0.15) is 0 Å². The lowest BCUT2D eigenvalue weighted by Crippen LogP contribution is -2.52. The van der Waals surface area contributed by atoms with Crippen LogP contribution in [0, 0.1) is 5.82 Å². The average molecular weight is 413 g/mol. The van der Waals surface area contributed by atoms with E-state index in [2.05, 4.69) is 9.80 Å². The first-order valence-electron chi connectivity index (χ1n) is 10.6. The van der Waals surface area contributed by atoms with E-state index in [1.807, 2.05) is 24.3 Å². The van der Waals surface area contributed by atoms with Crippen LogP contribution in [0.3, 0.4) is 0 Å². The third-order valence-corrected chi connectivity index (χ3v) is 6.59. The molecule has 1 N–H and O–H groups in total. The molecule has 2 aromatic rings.